The Morgan fingerprint density at radius 1 is 1.47 bits per heavy atom. The lowest BCUT2D eigenvalue weighted by atomic mass is 10.1. The van der Waals surface area contributed by atoms with Gasteiger partial charge in [-0.25, -0.2) is 0 Å². The van der Waals surface area contributed by atoms with Crippen molar-refractivity contribution in [2.75, 3.05) is 18.8 Å². The van der Waals surface area contributed by atoms with E-state index in [2.05, 4.69) is 36.2 Å². The van der Waals surface area contributed by atoms with Crippen LogP contribution in [0.3, 0.4) is 0 Å². The van der Waals surface area contributed by atoms with E-state index in [1.54, 1.807) is 0 Å². The number of thioether (sulfide) groups is 1. The molecule has 2 nitrogen and oxygen atoms in total. The molecule has 15 heavy (non-hydrogen) atoms. The lowest BCUT2D eigenvalue weighted by molar-refractivity contribution is 0.457. The Balaban J connectivity index is 1.58. The van der Waals surface area contributed by atoms with Gasteiger partial charge in [-0.3, -0.25) is 0 Å². The molecule has 2 N–H and O–H groups in total. The Kier molecular flexibility index (Phi) is 3.97. The van der Waals surface area contributed by atoms with E-state index in [0.29, 0.717) is 10.8 Å². The van der Waals surface area contributed by atoms with Gasteiger partial charge in [0.25, 0.3) is 0 Å². The highest BCUT2D eigenvalue weighted by Gasteiger charge is 2.29. The molecule has 2 fully saturated rings. The number of rotatable bonds is 6. The van der Waals surface area contributed by atoms with Crippen LogP contribution in [0.1, 0.15) is 39.5 Å². The maximum atomic E-state index is 3.66. The summed E-state index contributed by atoms with van der Waals surface area (Å²) in [6.07, 6.45) is 5.56. The predicted molar refractivity (Wildman–Crippen MR) is 68.6 cm³/mol. The van der Waals surface area contributed by atoms with Crippen molar-refractivity contribution in [3.8, 4) is 0 Å². The fourth-order valence-corrected chi connectivity index (χ4v) is 3.33. The highest BCUT2D eigenvalue weighted by Crippen LogP contribution is 2.36. The third-order valence-corrected chi connectivity index (χ3v) is 4.95. The van der Waals surface area contributed by atoms with Crippen molar-refractivity contribution in [2.24, 2.45) is 0 Å². The average molecular weight is 228 g/mol. The van der Waals surface area contributed by atoms with Gasteiger partial charge < -0.3 is 10.6 Å². The second-order valence-corrected chi connectivity index (χ2v) is 7.05. The first kappa shape index (κ1) is 11.7. The summed E-state index contributed by atoms with van der Waals surface area (Å²) in [6.45, 7) is 6.99. The molecule has 3 heteroatoms. The van der Waals surface area contributed by atoms with Crippen LogP contribution in [0.2, 0.25) is 0 Å². The van der Waals surface area contributed by atoms with E-state index in [9.17, 15) is 0 Å². The van der Waals surface area contributed by atoms with E-state index in [4.69, 9.17) is 0 Å². The summed E-state index contributed by atoms with van der Waals surface area (Å²) >= 11 is 2.14. The molecule has 0 amide bonds. The second kappa shape index (κ2) is 5.07. The van der Waals surface area contributed by atoms with Gasteiger partial charge >= 0.3 is 0 Å². The van der Waals surface area contributed by atoms with Gasteiger partial charge in [-0.15, -0.1) is 0 Å². The normalized spacial score (nSPS) is 33.2. The largest absolute Gasteiger partial charge is 0.312 e. The molecule has 0 bridgehead atoms. The third-order valence-electron chi connectivity index (χ3n) is 3.42. The molecule has 0 aromatic carbocycles. The van der Waals surface area contributed by atoms with Crippen LogP contribution in [0.15, 0.2) is 0 Å². The Hall–Kier alpha value is 0.270. The molecule has 2 atom stereocenters. The van der Waals surface area contributed by atoms with Gasteiger partial charge in [0, 0.05) is 29.9 Å². The van der Waals surface area contributed by atoms with Crippen molar-refractivity contribution >= 4 is 11.8 Å². The minimum atomic E-state index is 0.508. The lowest BCUT2D eigenvalue weighted by Gasteiger charge is -2.25. The quantitative estimate of drug-likeness (QED) is 0.727. The predicted octanol–water partition coefficient (Wildman–Crippen LogP) is 2.00. The summed E-state index contributed by atoms with van der Waals surface area (Å²) in [7, 11) is 0. The van der Waals surface area contributed by atoms with Crippen LogP contribution in [0, 0.1) is 0 Å². The minimum absolute atomic E-state index is 0.508. The molecule has 1 aliphatic heterocycles. The van der Waals surface area contributed by atoms with Gasteiger partial charge in [0.05, 0.1) is 0 Å². The molecule has 2 unspecified atom stereocenters. The van der Waals surface area contributed by atoms with E-state index in [-0.39, 0.29) is 0 Å². The molecule has 1 saturated carbocycles. The summed E-state index contributed by atoms with van der Waals surface area (Å²) in [5.74, 6) is 1.35. The topological polar surface area (TPSA) is 24.1 Å². The molecule has 1 aliphatic carbocycles. The van der Waals surface area contributed by atoms with Crippen molar-refractivity contribution in [3.05, 3.63) is 0 Å². The third kappa shape index (κ3) is 3.97. The van der Waals surface area contributed by atoms with Gasteiger partial charge in [-0.2, -0.15) is 11.8 Å². The fraction of sp³-hybridized carbons (Fsp3) is 1.00. The highest BCUT2D eigenvalue weighted by molar-refractivity contribution is 8.00. The molecule has 0 aromatic rings. The fourth-order valence-electron chi connectivity index (χ4n) is 2.07. The van der Waals surface area contributed by atoms with E-state index in [1.807, 2.05) is 0 Å². The standard InChI is InChI=1S/C12H24N2S/c1-10(8-13-11-4-5-11)14-9-12(2)6-3-7-15-12/h10-11,13-14H,3-9H2,1-2H3. The van der Waals surface area contributed by atoms with E-state index in [0.717, 1.165) is 12.6 Å². The first-order valence-corrected chi connectivity index (χ1v) is 7.27. The molecule has 2 rings (SSSR count). The summed E-state index contributed by atoms with van der Waals surface area (Å²) in [4.78, 5) is 0. The zero-order valence-electron chi connectivity index (χ0n) is 10.0. The molecular weight excluding hydrogens is 204 g/mol. The Morgan fingerprint density at radius 3 is 2.87 bits per heavy atom. The van der Waals surface area contributed by atoms with Crippen molar-refractivity contribution < 1.29 is 0 Å². The van der Waals surface area contributed by atoms with Crippen molar-refractivity contribution in [1.29, 1.82) is 0 Å². The van der Waals surface area contributed by atoms with Gasteiger partial charge in [0.15, 0.2) is 0 Å². The van der Waals surface area contributed by atoms with Crippen LogP contribution in [-0.2, 0) is 0 Å². The van der Waals surface area contributed by atoms with Crippen LogP contribution in [0.4, 0.5) is 0 Å². The molecule has 0 radical (unpaired) electrons. The molecule has 1 saturated heterocycles. The summed E-state index contributed by atoms with van der Waals surface area (Å²) < 4.78 is 0.508. The molecule has 0 aromatic heterocycles. The number of nitrogens with one attached hydrogen (secondary N) is 2. The molecular formula is C12H24N2S. The first-order chi connectivity index (χ1) is 7.18. The van der Waals surface area contributed by atoms with E-state index < -0.39 is 0 Å². The maximum absolute atomic E-state index is 3.66. The Labute approximate surface area is 98.0 Å². The summed E-state index contributed by atoms with van der Waals surface area (Å²) in [5, 5.41) is 7.24. The molecule has 1 heterocycles. The lowest BCUT2D eigenvalue weighted by Crippen LogP contribution is -2.43. The monoisotopic (exact) mass is 228 g/mol. The Bertz CT molecular complexity index is 198. The van der Waals surface area contributed by atoms with E-state index >= 15 is 0 Å². The minimum Gasteiger partial charge on any atom is -0.312 e. The van der Waals surface area contributed by atoms with Gasteiger partial charge in [-0.05, 0) is 45.3 Å². The average Bonchev–Trinajstić information content (AvgIpc) is 2.95. The van der Waals surface area contributed by atoms with Gasteiger partial charge in [0.2, 0.25) is 0 Å². The summed E-state index contributed by atoms with van der Waals surface area (Å²) in [5.41, 5.74) is 0. The Morgan fingerprint density at radius 2 is 2.27 bits per heavy atom. The van der Waals surface area contributed by atoms with Gasteiger partial charge in [0.1, 0.15) is 0 Å². The zero-order chi connectivity index (χ0) is 10.7. The first-order valence-electron chi connectivity index (χ1n) is 6.29. The second-order valence-electron chi connectivity index (χ2n) is 5.37. The van der Waals surface area contributed by atoms with Crippen LogP contribution >= 0.6 is 11.8 Å². The van der Waals surface area contributed by atoms with Crippen molar-refractivity contribution in [1.82, 2.24) is 10.6 Å². The van der Waals surface area contributed by atoms with Crippen LogP contribution in [0.5, 0.6) is 0 Å². The van der Waals surface area contributed by atoms with E-state index in [1.165, 1.54) is 38.0 Å². The number of hydrogen-bond donors (Lipinski definition) is 2. The van der Waals surface area contributed by atoms with Crippen molar-refractivity contribution in [3.63, 3.8) is 0 Å². The highest BCUT2D eigenvalue weighted by atomic mass is 32.2. The molecule has 2 aliphatic rings. The summed E-state index contributed by atoms with van der Waals surface area (Å²) in [6, 6.07) is 1.45. The van der Waals surface area contributed by atoms with Crippen LogP contribution in [-0.4, -0.2) is 35.7 Å². The van der Waals surface area contributed by atoms with Gasteiger partial charge in [-0.1, -0.05) is 0 Å². The molecule has 88 valence electrons. The zero-order valence-corrected chi connectivity index (χ0v) is 10.8. The van der Waals surface area contributed by atoms with Crippen molar-refractivity contribution in [2.45, 2.75) is 56.4 Å². The molecule has 0 spiro atoms. The smallest absolute Gasteiger partial charge is 0.0256 e. The number of hydrogen-bond acceptors (Lipinski definition) is 3. The SMILES string of the molecule is CC(CNC1CC1)NCC1(C)CCCS1. The van der Waals surface area contributed by atoms with Crippen LogP contribution < -0.4 is 10.6 Å². The maximum Gasteiger partial charge on any atom is 0.0256 e. The van der Waals surface area contributed by atoms with Crippen LogP contribution in [0.25, 0.3) is 0 Å².